The molecule has 3 N–H and O–H groups in total. The fourth-order valence-electron chi connectivity index (χ4n) is 3.68. The van der Waals surface area contributed by atoms with Gasteiger partial charge in [-0.3, -0.25) is 15.5 Å². The summed E-state index contributed by atoms with van der Waals surface area (Å²) in [7, 11) is 1.81. The first-order valence-electron chi connectivity index (χ1n) is 9.80. The number of hydrogen-bond donors (Lipinski definition) is 3. The molecule has 29 heavy (non-hydrogen) atoms. The van der Waals surface area contributed by atoms with Crippen LogP contribution >= 0.6 is 11.8 Å². The van der Waals surface area contributed by atoms with Gasteiger partial charge in [0.25, 0.3) is 0 Å². The Morgan fingerprint density at radius 2 is 2.10 bits per heavy atom. The van der Waals surface area contributed by atoms with Gasteiger partial charge in [0, 0.05) is 25.4 Å². The van der Waals surface area contributed by atoms with Crippen molar-refractivity contribution in [3.05, 3.63) is 47.9 Å². The first-order chi connectivity index (χ1) is 14.1. The van der Waals surface area contributed by atoms with Gasteiger partial charge >= 0.3 is 0 Å². The molecule has 1 unspecified atom stereocenters. The fourth-order valence-corrected chi connectivity index (χ4v) is 4.64. The lowest BCUT2D eigenvalue weighted by Gasteiger charge is -2.15. The molecule has 1 saturated carbocycles. The molecule has 2 heterocycles. The second-order valence-corrected chi connectivity index (χ2v) is 8.57. The molecule has 0 saturated heterocycles. The summed E-state index contributed by atoms with van der Waals surface area (Å²) in [4.78, 5) is 13.0. The van der Waals surface area contributed by atoms with E-state index in [9.17, 15) is 0 Å². The van der Waals surface area contributed by atoms with Crippen molar-refractivity contribution in [3.63, 3.8) is 0 Å². The lowest BCUT2D eigenvalue weighted by atomic mass is 10.1. The Morgan fingerprint density at radius 1 is 1.28 bits per heavy atom. The first-order valence-corrected chi connectivity index (χ1v) is 10.6. The first kappa shape index (κ1) is 19.6. The highest BCUT2D eigenvalue weighted by molar-refractivity contribution is 8.26. The molecule has 0 amide bonds. The third-order valence-corrected chi connectivity index (χ3v) is 6.46. The van der Waals surface area contributed by atoms with Crippen molar-refractivity contribution in [1.82, 2.24) is 20.2 Å². The minimum atomic E-state index is 0.258. The summed E-state index contributed by atoms with van der Waals surface area (Å²) in [5, 5.41) is 21.6. The third kappa shape index (κ3) is 4.64. The fraction of sp³-hybridized carbons (Fsp3) is 0.381. The number of aromatic amines is 1. The summed E-state index contributed by atoms with van der Waals surface area (Å²) < 4.78 is 0. The number of nitrogens with zero attached hydrogens (tertiary/aromatic N) is 4. The molecule has 0 aliphatic heterocycles. The predicted octanol–water partition coefficient (Wildman–Crippen LogP) is 4.22. The van der Waals surface area contributed by atoms with Crippen LogP contribution in [0.25, 0.3) is 11.0 Å². The van der Waals surface area contributed by atoms with Crippen LogP contribution in [-0.2, 0) is 6.42 Å². The molecule has 7 nitrogen and oxygen atoms in total. The Labute approximate surface area is 174 Å². The number of H-pyrrole nitrogens is 1. The zero-order valence-corrected chi connectivity index (χ0v) is 17.5. The monoisotopic (exact) mass is 407 g/mol. The molecule has 1 fully saturated rings. The summed E-state index contributed by atoms with van der Waals surface area (Å²) in [6, 6.07) is 8.82. The Hall–Kier alpha value is -2.74. The van der Waals surface area contributed by atoms with Gasteiger partial charge in [0.1, 0.15) is 12.1 Å². The minimum Gasteiger partial charge on any atom is -0.367 e. The molecular formula is C21H25N7S. The maximum Gasteiger partial charge on any atom is 0.160 e. The van der Waals surface area contributed by atoms with E-state index in [0.29, 0.717) is 11.1 Å². The maximum atomic E-state index is 8.61. The largest absolute Gasteiger partial charge is 0.367 e. The van der Waals surface area contributed by atoms with E-state index in [0.717, 1.165) is 47.6 Å². The highest BCUT2D eigenvalue weighted by Gasteiger charge is 2.29. The molecule has 3 aromatic rings. The van der Waals surface area contributed by atoms with E-state index < -0.39 is 0 Å². The van der Waals surface area contributed by atoms with Crippen molar-refractivity contribution >= 4 is 38.7 Å². The smallest absolute Gasteiger partial charge is 0.160 e. The van der Waals surface area contributed by atoms with E-state index in [1.54, 1.807) is 12.5 Å². The van der Waals surface area contributed by atoms with Gasteiger partial charge in [-0.2, -0.15) is 5.10 Å². The van der Waals surface area contributed by atoms with Gasteiger partial charge in [-0.25, -0.2) is 9.97 Å². The number of aliphatic imine (C=N–C) groups is 1. The number of fused-ring (bicyclic) bond motifs is 1. The number of nitrogens with one attached hydrogen (secondary N) is 3. The summed E-state index contributed by atoms with van der Waals surface area (Å²) in [5.74, 6) is 1.07. The molecule has 150 valence electrons. The standard InChI is InChI=1S/C21H25N7S/c1-13-3-5-14(6-4-13)9-18(23-2)29-19(22)15-7-8-16(10-15)27-20-17-11-26-28-21(17)25-12-24-20/h3-6,11-12,15-16,22H,7-10H2,1-2H3,(H2,24,25,26,27,28)/b22-19?,23-18-/t15?,16-/m0/s1. The zero-order valence-electron chi connectivity index (χ0n) is 16.6. The molecule has 2 atom stereocenters. The lowest BCUT2D eigenvalue weighted by Crippen LogP contribution is -2.18. The molecule has 0 bridgehead atoms. The molecule has 4 rings (SSSR count). The number of thioether (sulfide) groups is 1. The van der Waals surface area contributed by atoms with Crippen LogP contribution in [0.15, 0.2) is 41.8 Å². The van der Waals surface area contributed by atoms with E-state index in [1.165, 1.54) is 22.9 Å². The van der Waals surface area contributed by atoms with Gasteiger partial charge in [0.2, 0.25) is 0 Å². The van der Waals surface area contributed by atoms with Crippen LogP contribution in [0.5, 0.6) is 0 Å². The summed E-state index contributed by atoms with van der Waals surface area (Å²) in [6.07, 6.45) is 7.02. The van der Waals surface area contributed by atoms with Gasteiger partial charge in [-0.05, 0) is 31.7 Å². The molecule has 1 aliphatic carbocycles. The van der Waals surface area contributed by atoms with Crippen LogP contribution in [-0.4, -0.2) is 43.3 Å². The quantitative estimate of drug-likeness (QED) is 0.434. The summed E-state index contributed by atoms with van der Waals surface area (Å²) in [6.45, 7) is 2.09. The second kappa shape index (κ2) is 8.73. The van der Waals surface area contributed by atoms with Crippen LogP contribution in [0.4, 0.5) is 5.82 Å². The molecule has 0 spiro atoms. The van der Waals surface area contributed by atoms with Gasteiger partial charge in [0.05, 0.1) is 21.7 Å². The zero-order chi connectivity index (χ0) is 20.2. The van der Waals surface area contributed by atoms with Crippen molar-refractivity contribution < 1.29 is 0 Å². The van der Waals surface area contributed by atoms with Crippen molar-refractivity contribution in [2.24, 2.45) is 10.9 Å². The van der Waals surface area contributed by atoms with Gasteiger partial charge < -0.3 is 5.32 Å². The van der Waals surface area contributed by atoms with Gasteiger partial charge in [-0.1, -0.05) is 41.6 Å². The normalized spacial score (nSPS) is 19.6. The van der Waals surface area contributed by atoms with Crippen LogP contribution in [0, 0.1) is 18.3 Å². The minimum absolute atomic E-state index is 0.258. The van der Waals surface area contributed by atoms with E-state index in [-0.39, 0.29) is 5.92 Å². The topological polar surface area (TPSA) is 103 Å². The summed E-state index contributed by atoms with van der Waals surface area (Å²) >= 11 is 1.52. The third-order valence-electron chi connectivity index (χ3n) is 5.35. The SMILES string of the molecule is C/N=C(/Cc1ccc(C)cc1)SC(=N)C1CC[C@H](Nc2ncnc3[nH]ncc23)C1. The number of aromatic nitrogens is 4. The lowest BCUT2D eigenvalue weighted by molar-refractivity contribution is 0.709. The Kier molecular flexibility index (Phi) is 5.89. The van der Waals surface area contributed by atoms with Gasteiger partial charge in [-0.15, -0.1) is 0 Å². The Bertz CT molecular complexity index is 1020. The van der Waals surface area contributed by atoms with E-state index in [1.807, 2.05) is 7.05 Å². The van der Waals surface area contributed by atoms with Crippen molar-refractivity contribution in [3.8, 4) is 0 Å². The molecule has 1 aliphatic rings. The number of aryl methyl sites for hydroxylation is 1. The van der Waals surface area contributed by atoms with E-state index in [2.05, 4.69) is 61.7 Å². The van der Waals surface area contributed by atoms with Crippen LogP contribution < -0.4 is 5.32 Å². The number of benzene rings is 1. The molecular weight excluding hydrogens is 382 g/mol. The van der Waals surface area contributed by atoms with Crippen molar-refractivity contribution in [2.75, 3.05) is 12.4 Å². The van der Waals surface area contributed by atoms with Gasteiger partial charge in [0.15, 0.2) is 5.65 Å². The van der Waals surface area contributed by atoms with E-state index in [4.69, 9.17) is 5.41 Å². The number of rotatable bonds is 5. The number of anilines is 1. The second-order valence-electron chi connectivity index (χ2n) is 7.45. The molecule has 2 aromatic heterocycles. The predicted molar refractivity (Wildman–Crippen MR) is 120 cm³/mol. The highest BCUT2D eigenvalue weighted by atomic mass is 32.2. The van der Waals surface area contributed by atoms with Crippen LogP contribution in [0.2, 0.25) is 0 Å². The van der Waals surface area contributed by atoms with E-state index >= 15 is 0 Å². The number of hydrogen-bond acceptors (Lipinski definition) is 7. The molecule has 8 heteroatoms. The average molecular weight is 408 g/mol. The highest BCUT2D eigenvalue weighted by Crippen LogP contribution is 2.33. The van der Waals surface area contributed by atoms with Crippen molar-refractivity contribution in [2.45, 2.75) is 38.6 Å². The maximum absolute atomic E-state index is 8.61. The molecule has 1 aromatic carbocycles. The average Bonchev–Trinajstić information content (AvgIpc) is 3.39. The van der Waals surface area contributed by atoms with Crippen molar-refractivity contribution in [1.29, 1.82) is 5.41 Å². The molecule has 0 radical (unpaired) electrons. The van der Waals surface area contributed by atoms with Crippen LogP contribution in [0.3, 0.4) is 0 Å². The Balaban J connectivity index is 1.34. The summed E-state index contributed by atoms with van der Waals surface area (Å²) in [5.41, 5.74) is 3.22. The van der Waals surface area contributed by atoms with Crippen LogP contribution in [0.1, 0.15) is 30.4 Å². The Morgan fingerprint density at radius 3 is 2.90 bits per heavy atom.